The molecule has 152 valence electrons. The Morgan fingerprint density at radius 2 is 2.07 bits per heavy atom. The Morgan fingerprint density at radius 3 is 2.79 bits per heavy atom. The van der Waals surface area contributed by atoms with Crippen molar-refractivity contribution in [3.05, 3.63) is 53.9 Å². The van der Waals surface area contributed by atoms with Gasteiger partial charge in [0.1, 0.15) is 0 Å². The lowest BCUT2D eigenvalue weighted by atomic mass is 9.92. The van der Waals surface area contributed by atoms with Crippen LogP contribution < -0.4 is 0 Å². The maximum absolute atomic E-state index is 12.8. The molecule has 0 spiro atoms. The first-order valence-electron chi connectivity index (χ1n) is 10.2. The van der Waals surface area contributed by atoms with Crippen LogP contribution in [-0.2, 0) is 18.4 Å². The monoisotopic (exact) mass is 392 g/mol. The minimum atomic E-state index is 0.199. The van der Waals surface area contributed by atoms with Crippen molar-refractivity contribution in [1.82, 2.24) is 29.4 Å². The molecule has 0 N–H and O–H groups in total. The van der Waals surface area contributed by atoms with Gasteiger partial charge in [0.05, 0.1) is 6.20 Å². The van der Waals surface area contributed by atoms with E-state index in [1.54, 1.807) is 6.20 Å². The number of amides is 1. The summed E-state index contributed by atoms with van der Waals surface area (Å²) in [6.45, 7) is 6.24. The summed E-state index contributed by atoms with van der Waals surface area (Å²) in [4.78, 5) is 19.6. The second-order valence-electron chi connectivity index (χ2n) is 7.95. The second kappa shape index (κ2) is 8.19. The molecule has 1 saturated heterocycles. The molecule has 3 aromatic rings. The number of aromatic nitrogens is 5. The summed E-state index contributed by atoms with van der Waals surface area (Å²) in [5.74, 6) is 0.471. The maximum Gasteiger partial charge on any atom is 0.224 e. The summed E-state index contributed by atoms with van der Waals surface area (Å²) in [5, 5.41) is 8.56. The number of rotatable bonds is 5. The average Bonchev–Trinajstić information content (AvgIpc) is 3.34. The highest BCUT2D eigenvalue weighted by Gasteiger charge is 2.26. The van der Waals surface area contributed by atoms with Crippen LogP contribution in [0.25, 0.3) is 11.1 Å². The van der Waals surface area contributed by atoms with E-state index >= 15 is 0 Å². The number of nitrogens with zero attached hydrogens (tertiary/aromatic N) is 6. The summed E-state index contributed by atoms with van der Waals surface area (Å²) in [7, 11) is 1.92. The van der Waals surface area contributed by atoms with Gasteiger partial charge in [-0.15, -0.1) is 0 Å². The van der Waals surface area contributed by atoms with E-state index in [4.69, 9.17) is 4.98 Å². The molecule has 0 radical (unpaired) electrons. The molecule has 7 heteroatoms. The summed E-state index contributed by atoms with van der Waals surface area (Å²) >= 11 is 0. The van der Waals surface area contributed by atoms with E-state index in [1.165, 1.54) is 0 Å². The van der Waals surface area contributed by atoms with Gasteiger partial charge in [-0.1, -0.05) is 0 Å². The number of carbonyl (C=O) groups is 1. The predicted molar refractivity (Wildman–Crippen MR) is 111 cm³/mol. The largest absolute Gasteiger partial charge is 0.342 e. The maximum atomic E-state index is 12.8. The Balaban J connectivity index is 1.46. The molecule has 0 bridgehead atoms. The zero-order chi connectivity index (χ0) is 20.4. The standard InChI is InChI=1S/C22H28N6O/c1-16-11-19(20-13-24-26(3)14-20)12-21(25-16)18-5-4-9-27(15-18)22(29)7-10-28-17(2)6-8-23-28/h6,8,11-14,18H,4-5,7,9-10,15H2,1-3H3/t18-/m1/s1. The van der Waals surface area contributed by atoms with Crippen molar-refractivity contribution in [3.8, 4) is 11.1 Å². The fourth-order valence-electron chi connectivity index (χ4n) is 4.08. The van der Waals surface area contributed by atoms with E-state index in [0.717, 1.165) is 54.1 Å². The van der Waals surface area contributed by atoms with E-state index in [9.17, 15) is 4.79 Å². The van der Waals surface area contributed by atoms with Gasteiger partial charge in [-0.2, -0.15) is 10.2 Å². The van der Waals surface area contributed by atoms with Gasteiger partial charge in [-0.25, -0.2) is 0 Å². The molecule has 1 atom stereocenters. The number of likely N-dealkylation sites (tertiary alicyclic amines) is 1. The lowest BCUT2D eigenvalue weighted by Gasteiger charge is -2.33. The molecule has 4 heterocycles. The third-order valence-electron chi connectivity index (χ3n) is 5.67. The van der Waals surface area contributed by atoms with Crippen LogP contribution in [0.1, 0.15) is 42.3 Å². The minimum Gasteiger partial charge on any atom is -0.342 e. The molecule has 1 aliphatic rings. The van der Waals surface area contributed by atoms with Crippen molar-refractivity contribution in [3.63, 3.8) is 0 Å². The number of pyridine rings is 1. The predicted octanol–water partition coefficient (Wildman–Crippen LogP) is 3.09. The highest BCUT2D eigenvalue weighted by atomic mass is 16.2. The van der Waals surface area contributed by atoms with Crippen molar-refractivity contribution < 1.29 is 4.79 Å². The Kier molecular flexibility index (Phi) is 5.47. The van der Waals surface area contributed by atoms with E-state index in [2.05, 4.69) is 22.3 Å². The van der Waals surface area contributed by atoms with E-state index in [-0.39, 0.29) is 11.8 Å². The number of hydrogen-bond acceptors (Lipinski definition) is 4. The zero-order valence-corrected chi connectivity index (χ0v) is 17.4. The SMILES string of the molecule is Cc1cc(-c2cnn(C)c2)cc([C@@H]2CCCN(C(=O)CCn3nccc3C)C2)n1. The van der Waals surface area contributed by atoms with Crippen LogP contribution in [0.2, 0.25) is 0 Å². The van der Waals surface area contributed by atoms with Crippen molar-refractivity contribution in [2.24, 2.45) is 7.05 Å². The Morgan fingerprint density at radius 1 is 1.21 bits per heavy atom. The molecule has 7 nitrogen and oxygen atoms in total. The van der Waals surface area contributed by atoms with Gasteiger partial charge in [0.2, 0.25) is 5.91 Å². The van der Waals surface area contributed by atoms with Crippen LogP contribution in [0.4, 0.5) is 0 Å². The van der Waals surface area contributed by atoms with Gasteiger partial charge in [-0.3, -0.25) is 19.1 Å². The van der Waals surface area contributed by atoms with Crippen molar-refractivity contribution in [2.75, 3.05) is 13.1 Å². The summed E-state index contributed by atoms with van der Waals surface area (Å²) in [6.07, 6.45) is 8.23. The molecule has 1 fully saturated rings. The number of hydrogen-bond donors (Lipinski definition) is 0. The number of piperidine rings is 1. The molecular formula is C22H28N6O. The fraction of sp³-hybridized carbons (Fsp3) is 0.455. The van der Waals surface area contributed by atoms with E-state index < -0.39 is 0 Å². The Hall–Kier alpha value is -2.96. The van der Waals surface area contributed by atoms with Crippen LogP contribution >= 0.6 is 0 Å². The smallest absolute Gasteiger partial charge is 0.224 e. The van der Waals surface area contributed by atoms with Crippen molar-refractivity contribution >= 4 is 5.91 Å². The Bertz CT molecular complexity index is 1000. The second-order valence-corrected chi connectivity index (χ2v) is 7.95. The van der Waals surface area contributed by atoms with Gasteiger partial charge in [0, 0.05) is 74.1 Å². The normalized spacial score (nSPS) is 16.9. The molecule has 0 saturated carbocycles. The minimum absolute atomic E-state index is 0.199. The van der Waals surface area contributed by atoms with E-state index in [0.29, 0.717) is 13.0 Å². The molecule has 4 rings (SSSR count). The molecular weight excluding hydrogens is 364 g/mol. The summed E-state index contributed by atoms with van der Waals surface area (Å²) in [5.41, 5.74) is 5.39. The first-order chi connectivity index (χ1) is 14.0. The topological polar surface area (TPSA) is 68.8 Å². The molecule has 1 aliphatic heterocycles. The molecule has 0 unspecified atom stereocenters. The van der Waals surface area contributed by atoms with Crippen LogP contribution in [0.3, 0.4) is 0 Å². The lowest BCUT2D eigenvalue weighted by molar-refractivity contribution is -0.132. The van der Waals surface area contributed by atoms with Crippen LogP contribution in [0.15, 0.2) is 36.8 Å². The highest BCUT2D eigenvalue weighted by molar-refractivity contribution is 5.76. The van der Waals surface area contributed by atoms with Crippen molar-refractivity contribution in [1.29, 1.82) is 0 Å². The molecule has 3 aromatic heterocycles. The number of aryl methyl sites for hydroxylation is 4. The summed E-state index contributed by atoms with van der Waals surface area (Å²) < 4.78 is 3.70. The zero-order valence-electron chi connectivity index (χ0n) is 17.4. The third-order valence-corrected chi connectivity index (χ3v) is 5.67. The van der Waals surface area contributed by atoms with Gasteiger partial charge in [0.15, 0.2) is 0 Å². The van der Waals surface area contributed by atoms with Crippen LogP contribution in [-0.4, -0.2) is 48.4 Å². The highest BCUT2D eigenvalue weighted by Crippen LogP contribution is 2.29. The van der Waals surface area contributed by atoms with Crippen LogP contribution in [0.5, 0.6) is 0 Å². The fourth-order valence-corrected chi connectivity index (χ4v) is 4.08. The molecule has 29 heavy (non-hydrogen) atoms. The average molecular weight is 393 g/mol. The third kappa shape index (κ3) is 4.39. The van der Waals surface area contributed by atoms with E-state index in [1.807, 2.05) is 53.6 Å². The van der Waals surface area contributed by atoms with Gasteiger partial charge < -0.3 is 4.90 Å². The first kappa shape index (κ1) is 19.4. The van der Waals surface area contributed by atoms with Gasteiger partial charge >= 0.3 is 0 Å². The first-order valence-corrected chi connectivity index (χ1v) is 10.2. The molecule has 0 aromatic carbocycles. The number of carbonyl (C=O) groups excluding carboxylic acids is 1. The summed E-state index contributed by atoms with van der Waals surface area (Å²) in [6, 6.07) is 6.22. The quantitative estimate of drug-likeness (QED) is 0.669. The lowest BCUT2D eigenvalue weighted by Crippen LogP contribution is -2.39. The molecule has 1 amide bonds. The van der Waals surface area contributed by atoms with Crippen LogP contribution in [0, 0.1) is 13.8 Å². The van der Waals surface area contributed by atoms with Gasteiger partial charge in [0.25, 0.3) is 0 Å². The van der Waals surface area contributed by atoms with Gasteiger partial charge in [-0.05, 0) is 50.5 Å². The molecule has 0 aliphatic carbocycles. The Labute approximate surface area is 171 Å². The van der Waals surface area contributed by atoms with Crippen molar-refractivity contribution in [2.45, 2.75) is 45.6 Å².